The van der Waals surface area contributed by atoms with Crippen LogP contribution >= 0.6 is 0 Å². The molecule has 1 aromatic heterocycles. The van der Waals surface area contributed by atoms with E-state index in [1.54, 1.807) is 6.20 Å². The van der Waals surface area contributed by atoms with Gasteiger partial charge in [0.05, 0.1) is 6.54 Å². The highest BCUT2D eigenvalue weighted by molar-refractivity contribution is 5.76. The third kappa shape index (κ3) is 4.35. The standard InChI is InChI=1S/C14H24N4O/c1-10(2)11(3)17-14(19)9-18-7-6-15-13(18)8-16-12-4-5-12/h6-7,10-12,16H,4-5,8-9H2,1-3H3,(H,17,19). The quantitative estimate of drug-likeness (QED) is 0.780. The summed E-state index contributed by atoms with van der Waals surface area (Å²) in [4.78, 5) is 16.3. The lowest BCUT2D eigenvalue weighted by Gasteiger charge is -2.18. The number of aromatic nitrogens is 2. The molecule has 5 heteroatoms. The number of nitrogens with zero attached hydrogens (tertiary/aromatic N) is 2. The van der Waals surface area contributed by atoms with Crippen molar-refractivity contribution in [3.8, 4) is 0 Å². The summed E-state index contributed by atoms with van der Waals surface area (Å²) in [6.07, 6.45) is 6.13. The third-order valence-electron chi connectivity index (χ3n) is 3.63. The lowest BCUT2D eigenvalue weighted by Crippen LogP contribution is -2.38. The van der Waals surface area contributed by atoms with Crippen LogP contribution in [0.25, 0.3) is 0 Å². The molecule has 2 N–H and O–H groups in total. The smallest absolute Gasteiger partial charge is 0.240 e. The van der Waals surface area contributed by atoms with Crippen LogP contribution in [0.2, 0.25) is 0 Å². The van der Waals surface area contributed by atoms with Crippen molar-refractivity contribution in [3.05, 3.63) is 18.2 Å². The second-order valence-electron chi connectivity index (χ2n) is 5.73. The molecule has 1 aliphatic rings. The van der Waals surface area contributed by atoms with Crippen LogP contribution in [0.15, 0.2) is 12.4 Å². The summed E-state index contributed by atoms with van der Waals surface area (Å²) in [7, 11) is 0. The first-order valence-corrected chi connectivity index (χ1v) is 7.09. The maximum atomic E-state index is 11.9. The van der Waals surface area contributed by atoms with Gasteiger partial charge in [0, 0.05) is 24.5 Å². The molecule has 1 fully saturated rings. The van der Waals surface area contributed by atoms with E-state index in [0.29, 0.717) is 18.5 Å². The Morgan fingerprint density at radius 2 is 2.21 bits per heavy atom. The third-order valence-corrected chi connectivity index (χ3v) is 3.63. The van der Waals surface area contributed by atoms with Crippen molar-refractivity contribution in [2.75, 3.05) is 0 Å². The van der Waals surface area contributed by atoms with Gasteiger partial charge < -0.3 is 15.2 Å². The van der Waals surface area contributed by atoms with Crippen molar-refractivity contribution in [3.63, 3.8) is 0 Å². The van der Waals surface area contributed by atoms with Crippen LogP contribution in [0.1, 0.15) is 39.4 Å². The van der Waals surface area contributed by atoms with E-state index in [4.69, 9.17) is 0 Å². The van der Waals surface area contributed by atoms with Crippen molar-refractivity contribution in [2.45, 2.75) is 58.8 Å². The number of carbonyl (C=O) groups is 1. The fraction of sp³-hybridized carbons (Fsp3) is 0.714. The minimum atomic E-state index is 0.0480. The maximum absolute atomic E-state index is 11.9. The number of nitrogens with one attached hydrogen (secondary N) is 2. The number of amides is 1. The topological polar surface area (TPSA) is 59.0 Å². The van der Waals surface area contributed by atoms with Gasteiger partial charge in [0.25, 0.3) is 0 Å². The molecule has 1 aliphatic carbocycles. The Hall–Kier alpha value is -1.36. The normalized spacial score (nSPS) is 16.6. The minimum Gasteiger partial charge on any atom is -0.352 e. The Balaban J connectivity index is 1.83. The van der Waals surface area contributed by atoms with Gasteiger partial charge in [-0.25, -0.2) is 4.98 Å². The molecule has 106 valence electrons. The van der Waals surface area contributed by atoms with E-state index in [1.165, 1.54) is 12.8 Å². The molecule has 0 radical (unpaired) electrons. The molecule has 2 rings (SSSR count). The molecule has 0 saturated heterocycles. The van der Waals surface area contributed by atoms with Crippen LogP contribution in [0.3, 0.4) is 0 Å². The fourth-order valence-corrected chi connectivity index (χ4v) is 1.80. The highest BCUT2D eigenvalue weighted by Crippen LogP contribution is 2.19. The maximum Gasteiger partial charge on any atom is 0.240 e. The number of hydrogen-bond donors (Lipinski definition) is 2. The SMILES string of the molecule is CC(C)C(C)NC(=O)Cn1ccnc1CNC1CC1. The lowest BCUT2D eigenvalue weighted by molar-refractivity contribution is -0.122. The van der Waals surface area contributed by atoms with Crippen molar-refractivity contribution in [2.24, 2.45) is 5.92 Å². The van der Waals surface area contributed by atoms with Crippen molar-refractivity contribution >= 4 is 5.91 Å². The molecule has 1 heterocycles. The Bertz CT molecular complexity index is 423. The average molecular weight is 264 g/mol. The van der Waals surface area contributed by atoms with Crippen molar-refractivity contribution in [1.82, 2.24) is 20.2 Å². The average Bonchev–Trinajstić information content (AvgIpc) is 3.08. The fourth-order valence-electron chi connectivity index (χ4n) is 1.80. The summed E-state index contributed by atoms with van der Waals surface area (Å²) in [6.45, 7) is 7.33. The Kier molecular flexibility index (Phi) is 4.58. The zero-order valence-corrected chi connectivity index (χ0v) is 12.0. The summed E-state index contributed by atoms with van der Waals surface area (Å²) in [5.41, 5.74) is 0. The molecule has 0 bridgehead atoms. The van der Waals surface area contributed by atoms with E-state index < -0.39 is 0 Å². The number of rotatable bonds is 7. The van der Waals surface area contributed by atoms with Crippen molar-refractivity contribution in [1.29, 1.82) is 0 Å². The molecule has 1 aromatic rings. The second kappa shape index (κ2) is 6.19. The van der Waals surface area contributed by atoms with Gasteiger partial charge >= 0.3 is 0 Å². The molecule has 1 saturated carbocycles. The molecular formula is C14H24N4O. The molecule has 0 spiro atoms. The van der Waals surface area contributed by atoms with E-state index in [0.717, 1.165) is 12.4 Å². The Morgan fingerprint density at radius 3 is 2.84 bits per heavy atom. The van der Waals surface area contributed by atoms with Gasteiger partial charge in [-0.1, -0.05) is 13.8 Å². The first-order valence-electron chi connectivity index (χ1n) is 7.09. The molecule has 19 heavy (non-hydrogen) atoms. The lowest BCUT2D eigenvalue weighted by atomic mass is 10.1. The zero-order valence-electron chi connectivity index (χ0n) is 12.0. The summed E-state index contributed by atoms with van der Waals surface area (Å²) in [5, 5.41) is 6.43. The van der Waals surface area contributed by atoms with Gasteiger partial charge in [-0.05, 0) is 25.7 Å². The number of hydrogen-bond acceptors (Lipinski definition) is 3. The number of carbonyl (C=O) groups excluding carboxylic acids is 1. The molecule has 1 amide bonds. The van der Waals surface area contributed by atoms with Crippen LogP contribution in [0.4, 0.5) is 0 Å². The highest BCUT2D eigenvalue weighted by atomic mass is 16.2. The molecule has 0 aromatic carbocycles. The highest BCUT2D eigenvalue weighted by Gasteiger charge is 2.21. The van der Waals surface area contributed by atoms with E-state index in [2.05, 4.69) is 29.5 Å². The van der Waals surface area contributed by atoms with E-state index in [-0.39, 0.29) is 11.9 Å². The summed E-state index contributed by atoms with van der Waals surface area (Å²) >= 11 is 0. The summed E-state index contributed by atoms with van der Waals surface area (Å²) < 4.78 is 1.91. The largest absolute Gasteiger partial charge is 0.352 e. The van der Waals surface area contributed by atoms with Gasteiger partial charge in [-0.3, -0.25) is 4.79 Å². The molecule has 1 atom stereocenters. The first kappa shape index (κ1) is 14.1. The van der Waals surface area contributed by atoms with Crippen LogP contribution in [0.5, 0.6) is 0 Å². The second-order valence-corrected chi connectivity index (χ2v) is 5.73. The van der Waals surface area contributed by atoms with Crippen LogP contribution in [0, 0.1) is 5.92 Å². The molecule has 0 aliphatic heterocycles. The van der Waals surface area contributed by atoms with E-state index in [9.17, 15) is 4.79 Å². The van der Waals surface area contributed by atoms with Gasteiger partial charge in [0.1, 0.15) is 12.4 Å². The summed E-state index contributed by atoms with van der Waals surface area (Å²) in [6, 6.07) is 0.851. The van der Waals surface area contributed by atoms with E-state index in [1.807, 2.05) is 17.7 Å². The Morgan fingerprint density at radius 1 is 1.47 bits per heavy atom. The monoisotopic (exact) mass is 264 g/mol. The van der Waals surface area contributed by atoms with Gasteiger partial charge in [-0.2, -0.15) is 0 Å². The van der Waals surface area contributed by atoms with Crippen LogP contribution < -0.4 is 10.6 Å². The van der Waals surface area contributed by atoms with Gasteiger partial charge in [-0.15, -0.1) is 0 Å². The van der Waals surface area contributed by atoms with Crippen LogP contribution in [-0.2, 0) is 17.9 Å². The predicted octanol–water partition coefficient (Wildman–Crippen LogP) is 1.30. The van der Waals surface area contributed by atoms with Gasteiger partial charge in [0.15, 0.2) is 0 Å². The van der Waals surface area contributed by atoms with Gasteiger partial charge in [0.2, 0.25) is 5.91 Å². The van der Waals surface area contributed by atoms with Crippen molar-refractivity contribution < 1.29 is 4.79 Å². The predicted molar refractivity (Wildman–Crippen MR) is 74.5 cm³/mol. The molecule has 1 unspecified atom stereocenters. The number of imidazole rings is 1. The summed E-state index contributed by atoms with van der Waals surface area (Å²) in [5.74, 6) is 1.42. The van der Waals surface area contributed by atoms with E-state index >= 15 is 0 Å². The minimum absolute atomic E-state index is 0.0480. The molecular weight excluding hydrogens is 240 g/mol. The zero-order chi connectivity index (χ0) is 13.8. The Labute approximate surface area is 114 Å². The van der Waals surface area contributed by atoms with Crippen LogP contribution in [-0.4, -0.2) is 27.5 Å². The first-order chi connectivity index (χ1) is 9.06. The molecule has 5 nitrogen and oxygen atoms in total.